The monoisotopic (exact) mass is 424 g/mol. The third kappa shape index (κ3) is 4.23. The summed E-state index contributed by atoms with van der Waals surface area (Å²) in [6.07, 6.45) is 7.02. The molecular weight excluding hydrogens is 400 g/mol. The standard InChI is InChI=1S/C25H24N6O/c32-25(27-22-11-5-4-10-21(22)19-7-2-1-3-8-19)20-9-6-15-30(17-20)23-12-13-24(29-28-23)31-16-14-26-18-31/h1-5,7-8,10-14,16,18,20H,6,9,15,17H2,(H,27,32). The number of aromatic nitrogens is 4. The number of piperidine rings is 1. The minimum Gasteiger partial charge on any atom is -0.354 e. The van der Waals surface area contributed by atoms with Gasteiger partial charge in [0.25, 0.3) is 0 Å². The molecule has 3 heterocycles. The molecule has 1 aliphatic rings. The highest BCUT2D eigenvalue weighted by Gasteiger charge is 2.27. The Kier molecular flexibility index (Phi) is 5.61. The summed E-state index contributed by atoms with van der Waals surface area (Å²) in [7, 11) is 0. The number of carbonyl (C=O) groups is 1. The Hall–Kier alpha value is -4.00. The number of carbonyl (C=O) groups excluding carboxylic acids is 1. The molecule has 160 valence electrons. The zero-order chi connectivity index (χ0) is 21.8. The van der Waals surface area contributed by atoms with Crippen LogP contribution in [-0.4, -0.2) is 38.7 Å². The van der Waals surface area contributed by atoms with E-state index in [1.807, 2.05) is 65.4 Å². The van der Waals surface area contributed by atoms with Crippen LogP contribution in [0, 0.1) is 5.92 Å². The van der Waals surface area contributed by atoms with Crippen LogP contribution in [0.5, 0.6) is 0 Å². The van der Waals surface area contributed by atoms with Crippen LogP contribution >= 0.6 is 0 Å². The molecular formula is C25H24N6O. The summed E-state index contributed by atoms with van der Waals surface area (Å²) in [5, 5.41) is 11.9. The van der Waals surface area contributed by atoms with Crippen LogP contribution in [0.2, 0.25) is 0 Å². The fourth-order valence-electron chi connectivity index (χ4n) is 4.11. The van der Waals surface area contributed by atoms with E-state index in [2.05, 4.69) is 37.5 Å². The number of amides is 1. The molecule has 5 rings (SSSR count). The van der Waals surface area contributed by atoms with Gasteiger partial charge in [-0.2, -0.15) is 0 Å². The number of imidazole rings is 1. The van der Waals surface area contributed by atoms with E-state index in [4.69, 9.17) is 0 Å². The molecule has 7 heteroatoms. The lowest BCUT2D eigenvalue weighted by Gasteiger charge is -2.32. The van der Waals surface area contributed by atoms with Crippen molar-refractivity contribution in [2.75, 3.05) is 23.3 Å². The average molecular weight is 425 g/mol. The van der Waals surface area contributed by atoms with Crippen LogP contribution in [0.3, 0.4) is 0 Å². The molecule has 1 saturated heterocycles. The highest BCUT2D eigenvalue weighted by Crippen LogP contribution is 2.29. The number of hydrogen-bond acceptors (Lipinski definition) is 5. The Morgan fingerprint density at radius 3 is 2.50 bits per heavy atom. The first kappa shape index (κ1) is 19.9. The van der Waals surface area contributed by atoms with Gasteiger partial charge in [0.1, 0.15) is 6.33 Å². The van der Waals surface area contributed by atoms with Crippen molar-refractivity contribution in [3.05, 3.63) is 85.5 Å². The van der Waals surface area contributed by atoms with Gasteiger partial charge in [-0.1, -0.05) is 48.5 Å². The Bertz CT molecular complexity index is 1170. The molecule has 1 N–H and O–H groups in total. The number of para-hydroxylation sites is 1. The topological polar surface area (TPSA) is 75.9 Å². The van der Waals surface area contributed by atoms with E-state index in [-0.39, 0.29) is 11.8 Å². The zero-order valence-corrected chi connectivity index (χ0v) is 17.6. The molecule has 2 aromatic heterocycles. The third-order valence-corrected chi connectivity index (χ3v) is 5.79. The van der Waals surface area contributed by atoms with Crippen molar-refractivity contribution in [1.29, 1.82) is 0 Å². The Labute approximate surface area is 186 Å². The lowest BCUT2D eigenvalue weighted by Crippen LogP contribution is -2.41. The Morgan fingerprint density at radius 2 is 1.72 bits per heavy atom. The molecule has 4 aromatic rings. The van der Waals surface area contributed by atoms with E-state index in [1.54, 1.807) is 12.5 Å². The minimum absolute atomic E-state index is 0.0427. The average Bonchev–Trinajstić information content (AvgIpc) is 3.40. The number of anilines is 2. The second-order valence-corrected chi connectivity index (χ2v) is 7.91. The summed E-state index contributed by atoms with van der Waals surface area (Å²) in [5.74, 6) is 1.44. The summed E-state index contributed by atoms with van der Waals surface area (Å²) < 4.78 is 1.81. The van der Waals surface area contributed by atoms with Crippen molar-refractivity contribution in [1.82, 2.24) is 19.7 Å². The predicted molar refractivity (Wildman–Crippen MR) is 125 cm³/mol. The van der Waals surface area contributed by atoms with Crippen LogP contribution in [0.15, 0.2) is 85.5 Å². The maximum atomic E-state index is 13.2. The number of benzene rings is 2. The summed E-state index contributed by atoms with van der Waals surface area (Å²) >= 11 is 0. The maximum absolute atomic E-state index is 13.2. The van der Waals surface area contributed by atoms with Crippen molar-refractivity contribution in [3.8, 4) is 16.9 Å². The second-order valence-electron chi connectivity index (χ2n) is 7.91. The smallest absolute Gasteiger partial charge is 0.229 e. The quantitative estimate of drug-likeness (QED) is 0.520. The van der Waals surface area contributed by atoms with Gasteiger partial charge in [0.2, 0.25) is 5.91 Å². The van der Waals surface area contributed by atoms with Crippen molar-refractivity contribution in [2.45, 2.75) is 12.8 Å². The van der Waals surface area contributed by atoms with Gasteiger partial charge in [-0.3, -0.25) is 9.36 Å². The second kappa shape index (κ2) is 9.01. The van der Waals surface area contributed by atoms with Gasteiger partial charge in [-0.05, 0) is 36.6 Å². The SMILES string of the molecule is O=C(Nc1ccccc1-c1ccccc1)C1CCCN(c2ccc(-n3ccnc3)nn2)C1. The Morgan fingerprint density at radius 1 is 0.938 bits per heavy atom. The molecule has 1 unspecified atom stereocenters. The number of hydrogen-bond donors (Lipinski definition) is 1. The van der Waals surface area contributed by atoms with Crippen molar-refractivity contribution < 1.29 is 4.79 Å². The van der Waals surface area contributed by atoms with Gasteiger partial charge in [-0.25, -0.2) is 4.98 Å². The van der Waals surface area contributed by atoms with E-state index in [9.17, 15) is 4.79 Å². The lowest BCUT2D eigenvalue weighted by atomic mass is 9.96. The molecule has 0 saturated carbocycles. The molecule has 1 atom stereocenters. The lowest BCUT2D eigenvalue weighted by molar-refractivity contribution is -0.120. The molecule has 32 heavy (non-hydrogen) atoms. The van der Waals surface area contributed by atoms with E-state index in [0.717, 1.165) is 47.8 Å². The highest BCUT2D eigenvalue weighted by atomic mass is 16.1. The van der Waals surface area contributed by atoms with E-state index in [1.165, 1.54) is 0 Å². The fourth-order valence-corrected chi connectivity index (χ4v) is 4.11. The summed E-state index contributed by atoms with van der Waals surface area (Å²) in [5.41, 5.74) is 2.95. The molecule has 0 bridgehead atoms. The molecule has 2 aromatic carbocycles. The highest BCUT2D eigenvalue weighted by molar-refractivity contribution is 5.97. The van der Waals surface area contributed by atoms with Crippen molar-refractivity contribution in [2.24, 2.45) is 5.92 Å². The predicted octanol–water partition coefficient (Wildman–Crippen LogP) is 4.18. The first-order valence-corrected chi connectivity index (χ1v) is 10.8. The first-order valence-electron chi connectivity index (χ1n) is 10.8. The van der Waals surface area contributed by atoms with Crippen LogP contribution in [0.4, 0.5) is 11.5 Å². The maximum Gasteiger partial charge on any atom is 0.229 e. The summed E-state index contributed by atoms with van der Waals surface area (Å²) in [6, 6.07) is 21.9. The van der Waals surface area contributed by atoms with Gasteiger partial charge in [-0.15, -0.1) is 10.2 Å². The normalized spacial score (nSPS) is 16.0. The molecule has 0 radical (unpaired) electrons. The summed E-state index contributed by atoms with van der Waals surface area (Å²) in [6.45, 7) is 1.49. The van der Waals surface area contributed by atoms with Gasteiger partial charge in [0.05, 0.1) is 5.92 Å². The molecule has 0 spiro atoms. The largest absolute Gasteiger partial charge is 0.354 e. The number of nitrogens with zero attached hydrogens (tertiary/aromatic N) is 5. The molecule has 0 aliphatic carbocycles. The van der Waals surface area contributed by atoms with E-state index >= 15 is 0 Å². The molecule has 1 amide bonds. The van der Waals surface area contributed by atoms with Crippen LogP contribution < -0.4 is 10.2 Å². The van der Waals surface area contributed by atoms with E-state index in [0.29, 0.717) is 6.54 Å². The molecule has 1 fully saturated rings. The van der Waals surface area contributed by atoms with Crippen molar-refractivity contribution >= 4 is 17.4 Å². The minimum atomic E-state index is -0.109. The molecule has 1 aliphatic heterocycles. The van der Waals surface area contributed by atoms with Crippen LogP contribution in [0.1, 0.15) is 12.8 Å². The van der Waals surface area contributed by atoms with Crippen LogP contribution in [-0.2, 0) is 4.79 Å². The first-order chi connectivity index (χ1) is 15.8. The summed E-state index contributed by atoms with van der Waals surface area (Å²) in [4.78, 5) is 19.3. The fraction of sp³-hybridized carbons (Fsp3) is 0.200. The van der Waals surface area contributed by atoms with Gasteiger partial charge < -0.3 is 10.2 Å². The Balaban J connectivity index is 1.29. The number of rotatable bonds is 5. The molecule has 7 nitrogen and oxygen atoms in total. The zero-order valence-electron chi connectivity index (χ0n) is 17.6. The van der Waals surface area contributed by atoms with Gasteiger partial charge in [0.15, 0.2) is 11.6 Å². The van der Waals surface area contributed by atoms with E-state index < -0.39 is 0 Å². The van der Waals surface area contributed by atoms with Gasteiger partial charge in [0, 0.05) is 36.7 Å². The van der Waals surface area contributed by atoms with Crippen LogP contribution in [0.25, 0.3) is 16.9 Å². The van der Waals surface area contributed by atoms with Crippen molar-refractivity contribution in [3.63, 3.8) is 0 Å². The number of nitrogens with one attached hydrogen (secondary N) is 1. The third-order valence-electron chi connectivity index (χ3n) is 5.79. The van der Waals surface area contributed by atoms with Gasteiger partial charge >= 0.3 is 0 Å².